The van der Waals surface area contributed by atoms with E-state index in [0.29, 0.717) is 19.3 Å². The number of rotatable bonds is 7. The second kappa shape index (κ2) is 10.1. The van der Waals surface area contributed by atoms with Crippen molar-refractivity contribution in [1.82, 2.24) is 10.6 Å². The van der Waals surface area contributed by atoms with Crippen molar-refractivity contribution in [2.24, 2.45) is 11.8 Å². The average molecular weight is 479 g/mol. The van der Waals surface area contributed by atoms with E-state index in [1.54, 1.807) is 0 Å². The first kappa shape index (κ1) is 23.4. The number of ether oxygens (including phenoxy) is 2. The largest absolute Gasteiger partial charge is 0.481 e. The molecule has 0 unspecified atom stereocenters. The molecule has 3 N–H and O–H groups in total. The van der Waals surface area contributed by atoms with Crippen LogP contribution in [0.5, 0.6) is 0 Å². The molecular weight excluding hydrogens is 448 g/mol. The first-order valence-electron chi connectivity index (χ1n) is 12.2. The van der Waals surface area contributed by atoms with E-state index in [2.05, 4.69) is 34.9 Å². The Hall–Kier alpha value is -3.39. The third kappa shape index (κ3) is 4.89. The number of benzene rings is 2. The third-order valence-corrected chi connectivity index (χ3v) is 7.43. The molecule has 1 saturated carbocycles. The Morgan fingerprint density at radius 1 is 1.00 bits per heavy atom. The zero-order valence-electron chi connectivity index (χ0n) is 19.4. The number of alkyl carbamates (subject to hydrolysis) is 1. The summed E-state index contributed by atoms with van der Waals surface area (Å²) in [4.78, 5) is 36.4. The number of amides is 2. The summed E-state index contributed by atoms with van der Waals surface area (Å²) >= 11 is 0. The SMILES string of the molecule is O=C(NC[C@@H]1C[C@H](C(=O)N[C@H]2CCC[C@H]2C(=O)O)CO1)OCC1c2ccccc2-c2ccccc21. The molecule has 2 aromatic carbocycles. The summed E-state index contributed by atoms with van der Waals surface area (Å²) in [5.41, 5.74) is 4.66. The number of aliphatic carboxylic acids is 1. The smallest absolute Gasteiger partial charge is 0.407 e. The lowest BCUT2D eigenvalue weighted by molar-refractivity contribution is -0.142. The normalized spacial score (nSPS) is 25.0. The van der Waals surface area contributed by atoms with Crippen LogP contribution in [0, 0.1) is 11.8 Å². The van der Waals surface area contributed by atoms with Gasteiger partial charge in [-0.15, -0.1) is 0 Å². The predicted molar refractivity (Wildman–Crippen MR) is 128 cm³/mol. The van der Waals surface area contributed by atoms with Crippen LogP contribution >= 0.6 is 0 Å². The molecule has 35 heavy (non-hydrogen) atoms. The van der Waals surface area contributed by atoms with E-state index in [1.807, 2.05) is 24.3 Å². The Morgan fingerprint density at radius 2 is 1.69 bits per heavy atom. The molecule has 5 rings (SSSR count). The molecule has 2 aromatic rings. The van der Waals surface area contributed by atoms with E-state index >= 15 is 0 Å². The number of hydrogen-bond donors (Lipinski definition) is 3. The lowest BCUT2D eigenvalue weighted by Crippen LogP contribution is -2.43. The van der Waals surface area contributed by atoms with Gasteiger partial charge in [-0.1, -0.05) is 55.0 Å². The molecule has 0 spiro atoms. The highest BCUT2D eigenvalue weighted by Gasteiger charge is 2.37. The number of carbonyl (C=O) groups is 3. The Balaban J connectivity index is 1.08. The van der Waals surface area contributed by atoms with Gasteiger partial charge in [0.1, 0.15) is 6.61 Å². The van der Waals surface area contributed by atoms with Crippen molar-refractivity contribution in [2.75, 3.05) is 19.8 Å². The molecule has 184 valence electrons. The molecule has 1 heterocycles. The number of carbonyl (C=O) groups excluding carboxylic acids is 2. The third-order valence-electron chi connectivity index (χ3n) is 7.43. The van der Waals surface area contributed by atoms with Gasteiger partial charge in [0.25, 0.3) is 0 Å². The molecule has 0 radical (unpaired) electrons. The van der Waals surface area contributed by atoms with Gasteiger partial charge in [-0.05, 0) is 41.5 Å². The molecule has 0 bridgehead atoms. The molecular formula is C27H30N2O6. The minimum Gasteiger partial charge on any atom is -0.481 e. The highest BCUT2D eigenvalue weighted by atomic mass is 16.5. The molecule has 8 heteroatoms. The Morgan fingerprint density at radius 3 is 2.37 bits per heavy atom. The molecule has 2 amide bonds. The molecule has 4 atom stereocenters. The maximum absolute atomic E-state index is 12.6. The predicted octanol–water partition coefficient (Wildman–Crippen LogP) is 3.30. The van der Waals surface area contributed by atoms with Crippen molar-refractivity contribution >= 4 is 18.0 Å². The van der Waals surface area contributed by atoms with Crippen LogP contribution in [0.1, 0.15) is 42.7 Å². The fourth-order valence-electron chi connectivity index (χ4n) is 5.61. The summed E-state index contributed by atoms with van der Waals surface area (Å²) in [6.45, 7) is 0.748. The topological polar surface area (TPSA) is 114 Å². The van der Waals surface area contributed by atoms with Crippen molar-refractivity contribution in [2.45, 2.75) is 43.7 Å². The molecule has 0 aromatic heterocycles. The summed E-state index contributed by atoms with van der Waals surface area (Å²) < 4.78 is 11.3. The van der Waals surface area contributed by atoms with E-state index in [1.165, 1.54) is 11.1 Å². The van der Waals surface area contributed by atoms with Gasteiger partial charge in [-0.3, -0.25) is 9.59 Å². The molecule has 2 aliphatic carbocycles. The second-order valence-corrected chi connectivity index (χ2v) is 9.59. The van der Waals surface area contributed by atoms with Crippen LogP contribution in [-0.2, 0) is 19.1 Å². The first-order chi connectivity index (χ1) is 17.0. The highest BCUT2D eigenvalue weighted by Crippen LogP contribution is 2.44. The van der Waals surface area contributed by atoms with E-state index in [-0.39, 0.29) is 49.6 Å². The number of fused-ring (bicyclic) bond motifs is 3. The van der Waals surface area contributed by atoms with Crippen LogP contribution < -0.4 is 10.6 Å². The van der Waals surface area contributed by atoms with Crippen molar-refractivity contribution < 1.29 is 29.0 Å². The van der Waals surface area contributed by atoms with Gasteiger partial charge in [0, 0.05) is 18.5 Å². The summed E-state index contributed by atoms with van der Waals surface area (Å²) in [5, 5.41) is 15.0. The van der Waals surface area contributed by atoms with Crippen LogP contribution in [0.2, 0.25) is 0 Å². The van der Waals surface area contributed by atoms with E-state index in [0.717, 1.165) is 17.5 Å². The second-order valence-electron chi connectivity index (χ2n) is 9.59. The molecule has 2 fully saturated rings. The lowest BCUT2D eigenvalue weighted by atomic mass is 9.98. The van der Waals surface area contributed by atoms with Crippen LogP contribution in [0.25, 0.3) is 11.1 Å². The first-order valence-corrected chi connectivity index (χ1v) is 12.2. The fraction of sp³-hybridized carbons (Fsp3) is 0.444. The zero-order chi connectivity index (χ0) is 24.4. The number of carboxylic acids is 1. The summed E-state index contributed by atoms with van der Waals surface area (Å²) in [6, 6.07) is 16.0. The summed E-state index contributed by atoms with van der Waals surface area (Å²) in [6.07, 6.45) is 1.75. The van der Waals surface area contributed by atoms with Gasteiger partial charge in [0.15, 0.2) is 0 Å². The van der Waals surface area contributed by atoms with Crippen LogP contribution in [-0.4, -0.2) is 55.0 Å². The standard InChI is InChI=1S/C27H30N2O6/c30-25(29-24-11-5-10-22(24)26(31)32)16-12-17(34-14-16)13-28-27(33)35-15-23-20-8-3-1-6-18(20)19-7-2-4-9-21(19)23/h1-4,6-9,16-17,22-24H,5,10-15H2,(H,28,33)(H,29,30)(H,31,32)/t16-,17-,22+,24-/m0/s1. The monoisotopic (exact) mass is 478 g/mol. The Bertz CT molecular complexity index is 1070. The molecule has 1 saturated heterocycles. The number of carboxylic acid groups (broad SMARTS) is 1. The average Bonchev–Trinajstić information content (AvgIpc) is 3.59. The summed E-state index contributed by atoms with van der Waals surface area (Å²) in [5.74, 6) is -1.91. The van der Waals surface area contributed by atoms with Crippen molar-refractivity contribution in [3.8, 4) is 11.1 Å². The van der Waals surface area contributed by atoms with Gasteiger partial charge in [-0.2, -0.15) is 0 Å². The van der Waals surface area contributed by atoms with Gasteiger partial charge in [0.2, 0.25) is 5.91 Å². The molecule has 1 aliphatic heterocycles. The Kier molecular flexibility index (Phi) is 6.72. The minimum atomic E-state index is -0.861. The van der Waals surface area contributed by atoms with Gasteiger partial charge >= 0.3 is 12.1 Å². The van der Waals surface area contributed by atoms with Crippen LogP contribution in [0.15, 0.2) is 48.5 Å². The zero-order valence-corrected chi connectivity index (χ0v) is 19.4. The van der Waals surface area contributed by atoms with E-state index in [4.69, 9.17) is 9.47 Å². The molecule has 3 aliphatic rings. The van der Waals surface area contributed by atoms with Crippen LogP contribution in [0.3, 0.4) is 0 Å². The van der Waals surface area contributed by atoms with Crippen LogP contribution in [0.4, 0.5) is 4.79 Å². The van der Waals surface area contributed by atoms with Crippen molar-refractivity contribution in [3.63, 3.8) is 0 Å². The number of hydrogen-bond acceptors (Lipinski definition) is 5. The maximum Gasteiger partial charge on any atom is 0.407 e. The molecule has 8 nitrogen and oxygen atoms in total. The maximum atomic E-state index is 12.6. The van der Waals surface area contributed by atoms with Gasteiger partial charge in [0.05, 0.1) is 24.5 Å². The van der Waals surface area contributed by atoms with Crippen molar-refractivity contribution in [1.29, 1.82) is 0 Å². The highest BCUT2D eigenvalue weighted by molar-refractivity contribution is 5.81. The van der Waals surface area contributed by atoms with E-state index < -0.39 is 18.0 Å². The van der Waals surface area contributed by atoms with Crippen molar-refractivity contribution in [3.05, 3.63) is 59.7 Å². The lowest BCUT2D eigenvalue weighted by Gasteiger charge is -2.19. The van der Waals surface area contributed by atoms with E-state index in [9.17, 15) is 19.5 Å². The minimum absolute atomic E-state index is 0.00540. The Labute approximate surface area is 204 Å². The van der Waals surface area contributed by atoms with Gasteiger partial charge < -0.3 is 25.2 Å². The fourth-order valence-corrected chi connectivity index (χ4v) is 5.61. The quantitative estimate of drug-likeness (QED) is 0.563. The van der Waals surface area contributed by atoms with Gasteiger partial charge in [-0.25, -0.2) is 4.79 Å². The summed E-state index contributed by atoms with van der Waals surface area (Å²) in [7, 11) is 0. The number of nitrogens with one attached hydrogen (secondary N) is 2.